The Morgan fingerprint density at radius 1 is 1.15 bits per heavy atom. The largest absolute Gasteiger partial charge is 0.250 e. The van der Waals surface area contributed by atoms with Crippen LogP contribution >= 0.6 is 31.9 Å². The van der Waals surface area contributed by atoms with Crippen molar-refractivity contribution in [3.05, 3.63) is 47.5 Å². The highest BCUT2D eigenvalue weighted by molar-refractivity contribution is 9.09. The van der Waals surface area contributed by atoms with E-state index in [1.165, 1.54) is 11.1 Å². The third-order valence-corrected chi connectivity index (χ3v) is 5.81. The Labute approximate surface area is 137 Å². The monoisotopic (exact) mass is 399 g/mol. The number of hydrogen-bond donors (Lipinski definition) is 0. The normalized spacial score (nSPS) is 11.8. The van der Waals surface area contributed by atoms with E-state index in [-0.39, 0.29) is 5.41 Å². The summed E-state index contributed by atoms with van der Waals surface area (Å²) in [7, 11) is 0. The van der Waals surface area contributed by atoms with Gasteiger partial charge >= 0.3 is 0 Å². The van der Waals surface area contributed by atoms with E-state index in [2.05, 4.69) is 80.1 Å². The van der Waals surface area contributed by atoms with Gasteiger partial charge in [-0.2, -0.15) is 5.10 Å². The average molecular weight is 401 g/mol. The summed E-state index contributed by atoms with van der Waals surface area (Å²) in [6.07, 6.45) is 2.50. The standard InChI is InChI=1S/C15H19Br2N3/c1-3-20-14(18-11-19-20)8-15(9-16,10-17)13-6-4-12(2)5-7-13/h4-7,11H,3,8-10H2,1-2H3. The Kier molecular flexibility index (Phi) is 5.38. The van der Waals surface area contributed by atoms with E-state index in [1.54, 1.807) is 6.33 Å². The Morgan fingerprint density at radius 2 is 1.80 bits per heavy atom. The van der Waals surface area contributed by atoms with Crippen molar-refractivity contribution in [3.8, 4) is 0 Å². The number of aryl methyl sites for hydroxylation is 2. The van der Waals surface area contributed by atoms with Crippen LogP contribution in [0.25, 0.3) is 0 Å². The van der Waals surface area contributed by atoms with Crippen LogP contribution in [-0.4, -0.2) is 25.4 Å². The van der Waals surface area contributed by atoms with Crippen molar-refractivity contribution >= 4 is 31.9 Å². The van der Waals surface area contributed by atoms with Crippen molar-refractivity contribution in [1.29, 1.82) is 0 Å². The van der Waals surface area contributed by atoms with Gasteiger partial charge in [0.25, 0.3) is 0 Å². The fourth-order valence-electron chi connectivity index (χ4n) is 2.29. The van der Waals surface area contributed by atoms with Gasteiger partial charge in [-0.1, -0.05) is 61.7 Å². The van der Waals surface area contributed by atoms with Crippen LogP contribution in [0.5, 0.6) is 0 Å². The molecule has 0 bridgehead atoms. The SMILES string of the molecule is CCn1ncnc1CC(CBr)(CBr)c1ccc(C)cc1. The quantitative estimate of drug-likeness (QED) is 0.689. The first-order chi connectivity index (χ1) is 9.65. The van der Waals surface area contributed by atoms with Gasteiger partial charge in [-0.25, -0.2) is 4.98 Å². The van der Waals surface area contributed by atoms with Gasteiger partial charge in [-0.15, -0.1) is 0 Å². The van der Waals surface area contributed by atoms with Crippen molar-refractivity contribution in [2.24, 2.45) is 0 Å². The highest BCUT2D eigenvalue weighted by Crippen LogP contribution is 2.32. The van der Waals surface area contributed by atoms with Crippen LogP contribution in [0.15, 0.2) is 30.6 Å². The van der Waals surface area contributed by atoms with Gasteiger partial charge in [0.05, 0.1) is 0 Å². The van der Waals surface area contributed by atoms with Crippen molar-refractivity contribution < 1.29 is 0 Å². The summed E-state index contributed by atoms with van der Waals surface area (Å²) < 4.78 is 1.97. The van der Waals surface area contributed by atoms with Gasteiger partial charge < -0.3 is 0 Å². The van der Waals surface area contributed by atoms with Crippen LogP contribution in [0.4, 0.5) is 0 Å². The molecule has 0 radical (unpaired) electrons. The van der Waals surface area contributed by atoms with E-state index >= 15 is 0 Å². The molecule has 1 aromatic heterocycles. The van der Waals surface area contributed by atoms with Gasteiger partial charge in [0, 0.05) is 29.0 Å². The number of alkyl halides is 2. The number of halogens is 2. The van der Waals surface area contributed by atoms with Crippen LogP contribution in [0.3, 0.4) is 0 Å². The summed E-state index contributed by atoms with van der Waals surface area (Å²) >= 11 is 7.39. The lowest BCUT2D eigenvalue weighted by Crippen LogP contribution is -2.34. The van der Waals surface area contributed by atoms with E-state index in [1.807, 2.05) is 4.68 Å². The molecule has 1 aromatic carbocycles. The highest BCUT2D eigenvalue weighted by atomic mass is 79.9. The molecule has 5 heteroatoms. The van der Waals surface area contributed by atoms with Crippen LogP contribution in [0.1, 0.15) is 23.9 Å². The van der Waals surface area contributed by atoms with E-state index in [0.29, 0.717) is 0 Å². The molecule has 0 N–H and O–H groups in total. The average Bonchev–Trinajstić information content (AvgIpc) is 2.93. The molecule has 0 saturated carbocycles. The van der Waals surface area contributed by atoms with Crippen molar-refractivity contribution in [2.45, 2.75) is 32.2 Å². The molecular weight excluding hydrogens is 382 g/mol. The molecule has 0 amide bonds. The molecule has 2 rings (SSSR count). The zero-order valence-electron chi connectivity index (χ0n) is 11.8. The maximum absolute atomic E-state index is 4.42. The molecule has 0 aliphatic rings. The minimum atomic E-state index is -0.00630. The molecular formula is C15H19Br2N3. The van der Waals surface area contributed by atoms with Crippen LogP contribution < -0.4 is 0 Å². The van der Waals surface area contributed by atoms with E-state index in [4.69, 9.17) is 0 Å². The smallest absolute Gasteiger partial charge is 0.138 e. The van der Waals surface area contributed by atoms with Crippen molar-refractivity contribution in [1.82, 2.24) is 14.8 Å². The molecule has 20 heavy (non-hydrogen) atoms. The van der Waals surface area contributed by atoms with E-state index in [9.17, 15) is 0 Å². The second-order valence-corrected chi connectivity index (χ2v) is 6.20. The fraction of sp³-hybridized carbons (Fsp3) is 0.467. The lowest BCUT2D eigenvalue weighted by Gasteiger charge is -2.30. The second kappa shape index (κ2) is 6.85. The Morgan fingerprint density at radius 3 is 2.35 bits per heavy atom. The molecule has 0 unspecified atom stereocenters. The first-order valence-electron chi connectivity index (χ1n) is 6.71. The van der Waals surface area contributed by atoms with Gasteiger partial charge in [0.1, 0.15) is 12.2 Å². The zero-order chi connectivity index (χ0) is 14.6. The molecule has 0 fully saturated rings. The fourth-order valence-corrected chi connectivity index (χ4v) is 4.26. The van der Waals surface area contributed by atoms with Crippen LogP contribution in [0.2, 0.25) is 0 Å². The molecule has 0 atom stereocenters. The molecule has 0 aliphatic carbocycles. The van der Waals surface area contributed by atoms with Gasteiger partial charge in [0.15, 0.2) is 0 Å². The van der Waals surface area contributed by atoms with Gasteiger partial charge in [0.2, 0.25) is 0 Å². The first kappa shape index (κ1) is 15.7. The van der Waals surface area contributed by atoms with Crippen molar-refractivity contribution in [3.63, 3.8) is 0 Å². The van der Waals surface area contributed by atoms with Crippen LogP contribution in [0, 0.1) is 6.92 Å². The molecule has 3 nitrogen and oxygen atoms in total. The predicted octanol–water partition coefficient (Wildman–Crippen LogP) is 3.88. The minimum Gasteiger partial charge on any atom is -0.250 e. The van der Waals surface area contributed by atoms with Gasteiger partial charge in [-0.05, 0) is 19.4 Å². The minimum absolute atomic E-state index is 0.00630. The summed E-state index contributed by atoms with van der Waals surface area (Å²) in [6, 6.07) is 8.76. The molecule has 2 aromatic rings. The molecule has 0 spiro atoms. The lowest BCUT2D eigenvalue weighted by atomic mass is 9.81. The van der Waals surface area contributed by atoms with E-state index < -0.39 is 0 Å². The molecule has 0 saturated heterocycles. The number of hydrogen-bond acceptors (Lipinski definition) is 2. The summed E-state index contributed by atoms with van der Waals surface area (Å²) in [5.74, 6) is 1.03. The summed E-state index contributed by atoms with van der Waals surface area (Å²) in [5, 5.41) is 6.03. The molecule has 108 valence electrons. The Hall–Kier alpha value is -0.680. The lowest BCUT2D eigenvalue weighted by molar-refractivity contribution is 0.500. The maximum atomic E-state index is 4.42. The maximum Gasteiger partial charge on any atom is 0.138 e. The zero-order valence-corrected chi connectivity index (χ0v) is 15.0. The Balaban J connectivity index is 2.36. The third kappa shape index (κ3) is 3.14. The Bertz CT molecular complexity index is 545. The number of nitrogens with zero attached hydrogens (tertiary/aromatic N) is 3. The summed E-state index contributed by atoms with van der Waals surface area (Å²) in [6.45, 7) is 5.05. The molecule has 0 aliphatic heterocycles. The summed E-state index contributed by atoms with van der Waals surface area (Å²) in [4.78, 5) is 4.42. The predicted molar refractivity (Wildman–Crippen MR) is 89.8 cm³/mol. The number of rotatable bonds is 6. The van der Waals surface area contributed by atoms with Crippen LogP contribution in [-0.2, 0) is 18.4 Å². The molecule has 1 heterocycles. The number of benzene rings is 1. The van der Waals surface area contributed by atoms with Crippen molar-refractivity contribution in [2.75, 3.05) is 10.7 Å². The third-order valence-electron chi connectivity index (χ3n) is 3.67. The van der Waals surface area contributed by atoms with Gasteiger partial charge in [-0.3, -0.25) is 4.68 Å². The number of aromatic nitrogens is 3. The summed E-state index contributed by atoms with van der Waals surface area (Å²) in [5.41, 5.74) is 2.60. The highest BCUT2D eigenvalue weighted by Gasteiger charge is 2.32. The van der Waals surface area contributed by atoms with E-state index in [0.717, 1.165) is 29.5 Å². The first-order valence-corrected chi connectivity index (χ1v) is 8.95. The second-order valence-electron chi connectivity index (χ2n) is 5.08. The topological polar surface area (TPSA) is 30.7 Å².